The van der Waals surface area contributed by atoms with Crippen LogP contribution in [0.15, 0.2) is 127 Å². The van der Waals surface area contributed by atoms with Crippen LogP contribution >= 0.6 is 0 Å². The summed E-state index contributed by atoms with van der Waals surface area (Å²) >= 11 is 0. The Bertz CT molecular complexity index is 2660. The number of allylic oxidation sites excluding steroid dienone is 5. The van der Waals surface area contributed by atoms with Crippen molar-refractivity contribution in [2.75, 3.05) is 18.1 Å². The first kappa shape index (κ1) is 34.9. The molecule has 7 nitrogen and oxygen atoms in total. The molecule has 0 spiro atoms. The molecular formula is C47H44N3O4+. The normalized spacial score (nSPS) is 14.0. The van der Waals surface area contributed by atoms with Crippen LogP contribution in [-0.2, 0) is 33.8 Å². The standard InChI is InChI=1S/C47H43N3O4/c1-32(2)24-26-49-43(50(27-25-44(52)53)47-41-22-13-10-18-37(41)36-17-9-12-21-40(36)46(47)49)23-5-3-4-14-33-30-42-38-19-7-6-15-34(38)35-16-8-11-20-39(35)45(42)48(33)28-29-54-31-51/h3-23,31-32H,24-30H2,1-2H3/p+1. The quantitative estimate of drug-likeness (QED) is 0.0423. The third-order valence-corrected chi connectivity index (χ3v) is 10.7. The molecule has 7 heteroatoms. The molecule has 0 fully saturated rings. The summed E-state index contributed by atoms with van der Waals surface area (Å²) in [6, 6.07) is 34.1. The molecular weight excluding hydrogens is 671 g/mol. The van der Waals surface area contributed by atoms with Crippen LogP contribution in [0.3, 0.4) is 0 Å². The molecule has 0 saturated heterocycles. The number of hydrogen-bond donors (Lipinski definition) is 1. The third-order valence-electron chi connectivity index (χ3n) is 10.7. The maximum Gasteiger partial charge on any atom is 0.307 e. The largest absolute Gasteiger partial charge is 0.481 e. The number of carboxylic acids is 1. The molecule has 8 rings (SSSR count). The molecule has 0 amide bonds. The van der Waals surface area contributed by atoms with Gasteiger partial charge in [-0.05, 0) is 63.0 Å². The molecule has 54 heavy (non-hydrogen) atoms. The number of fused-ring (bicyclic) bond motifs is 12. The lowest BCUT2D eigenvalue weighted by atomic mass is 9.95. The van der Waals surface area contributed by atoms with Gasteiger partial charge in [0, 0.05) is 34.4 Å². The molecule has 1 aromatic heterocycles. The van der Waals surface area contributed by atoms with Crippen molar-refractivity contribution in [3.63, 3.8) is 0 Å². The van der Waals surface area contributed by atoms with Crippen molar-refractivity contribution in [1.29, 1.82) is 0 Å². The topological polar surface area (TPSA) is 75.7 Å². The van der Waals surface area contributed by atoms with E-state index in [1.165, 1.54) is 43.6 Å². The van der Waals surface area contributed by atoms with Gasteiger partial charge >= 0.3 is 5.97 Å². The van der Waals surface area contributed by atoms with Gasteiger partial charge in [0.15, 0.2) is 11.0 Å². The van der Waals surface area contributed by atoms with Gasteiger partial charge < -0.3 is 14.7 Å². The first-order valence-corrected chi connectivity index (χ1v) is 18.8. The molecule has 0 atom stereocenters. The predicted molar refractivity (Wildman–Crippen MR) is 220 cm³/mol. The summed E-state index contributed by atoms with van der Waals surface area (Å²) in [6.45, 7) is 6.99. The molecule has 0 saturated carbocycles. The second-order valence-corrected chi connectivity index (χ2v) is 14.4. The first-order chi connectivity index (χ1) is 26.5. The number of carbonyl (C=O) groups is 2. The van der Waals surface area contributed by atoms with Gasteiger partial charge in [0.05, 0.1) is 25.2 Å². The highest BCUT2D eigenvalue weighted by Gasteiger charge is 2.30. The lowest BCUT2D eigenvalue weighted by molar-refractivity contribution is -0.672. The van der Waals surface area contributed by atoms with E-state index >= 15 is 0 Å². The minimum absolute atomic E-state index is 0.0193. The minimum Gasteiger partial charge on any atom is -0.481 e. The molecule has 7 aromatic rings. The van der Waals surface area contributed by atoms with Crippen LogP contribution in [0.25, 0.3) is 60.2 Å². The zero-order chi connectivity index (χ0) is 37.2. The fourth-order valence-electron chi connectivity index (χ4n) is 8.32. The van der Waals surface area contributed by atoms with E-state index in [1.807, 2.05) is 0 Å². The van der Waals surface area contributed by atoms with Crippen LogP contribution in [0.1, 0.15) is 38.1 Å². The molecule has 2 heterocycles. The zero-order valence-electron chi connectivity index (χ0n) is 30.7. The van der Waals surface area contributed by atoms with Gasteiger partial charge in [-0.25, -0.2) is 9.13 Å². The fourth-order valence-corrected chi connectivity index (χ4v) is 8.32. The van der Waals surface area contributed by atoms with Gasteiger partial charge in [-0.15, -0.1) is 0 Å². The third kappa shape index (κ3) is 6.30. The summed E-state index contributed by atoms with van der Waals surface area (Å²) in [7, 11) is 0. The number of anilines is 1. The average Bonchev–Trinajstić information content (AvgIpc) is 3.72. The maximum absolute atomic E-state index is 12.0. The molecule has 0 radical (unpaired) electrons. The number of hydrogen-bond acceptors (Lipinski definition) is 4. The van der Waals surface area contributed by atoms with Gasteiger partial charge in [0.1, 0.15) is 13.2 Å². The Morgan fingerprint density at radius 2 is 1.37 bits per heavy atom. The van der Waals surface area contributed by atoms with E-state index in [-0.39, 0.29) is 13.0 Å². The minimum atomic E-state index is -0.821. The second kappa shape index (κ2) is 15.0. The van der Waals surface area contributed by atoms with E-state index in [2.05, 4.69) is 155 Å². The van der Waals surface area contributed by atoms with Crippen molar-refractivity contribution in [3.05, 3.63) is 138 Å². The molecule has 0 aliphatic carbocycles. The number of rotatable bonds is 13. The lowest BCUT2D eigenvalue weighted by Gasteiger charge is -2.23. The summed E-state index contributed by atoms with van der Waals surface area (Å²) in [5, 5.41) is 19.3. The van der Waals surface area contributed by atoms with Crippen LogP contribution in [0.2, 0.25) is 0 Å². The Labute approximate surface area is 314 Å². The first-order valence-electron chi connectivity index (χ1n) is 18.8. The van der Waals surface area contributed by atoms with Crippen molar-refractivity contribution < 1.29 is 24.0 Å². The smallest absolute Gasteiger partial charge is 0.307 e. The Morgan fingerprint density at radius 1 is 0.778 bits per heavy atom. The molecule has 1 N–H and O–H groups in total. The maximum atomic E-state index is 12.0. The number of imidazole rings is 1. The summed E-state index contributed by atoms with van der Waals surface area (Å²) in [5.74, 6) is 0.651. The Hall–Kier alpha value is -6.21. The fraction of sp³-hybridized carbons (Fsp3) is 0.213. The van der Waals surface area contributed by atoms with Crippen LogP contribution in [-0.4, -0.2) is 35.3 Å². The monoisotopic (exact) mass is 714 g/mol. The molecule has 1 aliphatic rings. The van der Waals surface area contributed by atoms with Gasteiger partial charge in [0.25, 0.3) is 12.3 Å². The van der Waals surface area contributed by atoms with E-state index in [4.69, 9.17) is 4.74 Å². The van der Waals surface area contributed by atoms with Crippen LogP contribution in [0.5, 0.6) is 0 Å². The van der Waals surface area contributed by atoms with Crippen LogP contribution in [0.4, 0.5) is 5.69 Å². The van der Waals surface area contributed by atoms with Gasteiger partial charge in [-0.1, -0.05) is 117 Å². The van der Waals surface area contributed by atoms with E-state index in [1.54, 1.807) is 0 Å². The number of nitrogens with zero attached hydrogens (tertiary/aromatic N) is 3. The highest BCUT2D eigenvalue weighted by Crippen LogP contribution is 2.45. The number of carbonyl (C=O) groups excluding carboxylic acids is 1. The van der Waals surface area contributed by atoms with Crippen molar-refractivity contribution in [2.24, 2.45) is 5.92 Å². The summed E-state index contributed by atoms with van der Waals surface area (Å²) in [6.07, 6.45) is 12.2. The van der Waals surface area contributed by atoms with Crippen LogP contribution in [0, 0.1) is 5.92 Å². The number of ether oxygens (including phenoxy) is 1. The summed E-state index contributed by atoms with van der Waals surface area (Å²) in [4.78, 5) is 25.4. The highest BCUT2D eigenvalue weighted by atomic mass is 16.5. The molecule has 6 aromatic carbocycles. The zero-order valence-corrected chi connectivity index (χ0v) is 30.7. The van der Waals surface area contributed by atoms with Crippen molar-refractivity contribution in [2.45, 2.75) is 46.2 Å². The lowest BCUT2D eigenvalue weighted by Crippen LogP contribution is -2.37. The Balaban J connectivity index is 1.23. The molecule has 1 aliphatic heterocycles. The Kier molecular flexibility index (Phi) is 9.70. The molecule has 0 unspecified atom stereocenters. The van der Waals surface area contributed by atoms with Gasteiger partial charge in [-0.3, -0.25) is 9.59 Å². The predicted octanol–water partition coefficient (Wildman–Crippen LogP) is 9.75. The summed E-state index contributed by atoms with van der Waals surface area (Å²) in [5.41, 5.74) is 5.78. The molecule has 270 valence electrons. The van der Waals surface area contributed by atoms with Crippen molar-refractivity contribution in [3.8, 4) is 0 Å². The Morgan fingerprint density at radius 3 is 2.04 bits per heavy atom. The SMILES string of the molecule is CC(C)CCn1c(/C=C/C=C/C=C2/Cc3c(c4ccccc4c4ccccc34)N2CCOC=O)[n+](CCC(=O)O)c2c3ccccc3c3ccccc3c21. The number of aliphatic carboxylic acids is 1. The van der Waals surface area contributed by atoms with E-state index < -0.39 is 5.97 Å². The van der Waals surface area contributed by atoms with Crippen molar-refractivity contribution in [1.82, 2.24) is 4.57 Å². The van der Waals surface area contributed by atoms with E-state index in [0.717, 1.165) is 52.7 Å². The van der Waals surface area contributed by atoms with E-state index in [0.29, 0.717) is 25.5 Å². The van der Waals surface area contributed by atoms with Gasteiger partial charge in [-0.2, -0.15) is 0 Å². The number of aromatic nitrogens is 2. The number of aryl methyl sites for hydroxylation is 2. The van der Waals surface area contributed by atoms with Crippen LogP contribution < -0.4 is 9.47 Å². The average molecular weight is 715 g/mol. The molecule has 0 bridgehead atoms. The van der Waals surface area contributed by atoms with E-state index in [9.17, 15) is 14.7 Å². The summed E-state index contributed by atoms with van der Waals surface area (Å²) < 4.78 is 9.80. The second-order valence-electron chi connectivity index (χ2n) is 14.4. The van der Waals surface area contributed by atoms with Gasteiger partial charge in [0.2, 0.25) is 0 Å². The van der Waals surface area contributed by atoms with Crippen molar-refractivity contribution >= 4 is 78.3 Å². The number of benzene rings is 6. The number of carboxylic acid groups (broad SMARTS) is 1. The highest BCUT2D eigenvalue weighted by molar-refractivity contribution is 6.22.